The molecule has 2 fully saturated rings. The van der Waals surface area contributed by atoms with E-state index >= 15 is 0 Å². The number of piperazine rings is 1. The summed E-state index contributed by atoms with van der Waals surface area (Å²) in [6.07, 6.45) is 2.72. The summed E-state index contributed by atoms with van der Waals surface area (Å²) in [6, 6.07) is 11.5. The number of hydrogen-bond donors (Lipinski definition) is 2. The molecule has 3 aliphatic heterocycles. The molecule has 1 aromatic heterocycles. The number of aryl methyl sites for hydroxylation is 1. The molecule has 7 heteroatoms. The summed E-state index contributed by atoms with van der Waals surface area (Å²) in [7, 11) is 0. The van der Waals surface area contributed by atoms with Gasteiger partial charge in [-0.1, -0.05) is 12.1 Å². The van der Waals surface area contributed by atoms with Crippen molar-refractivity contribution in [3.63, 3.8) is 0 Å². The largest absolute Gasteiger partial charge is 0.378 e. The molecule has 2 unspecified atom stereocenters. The van der Waals surface area contributed by atoms with Gasteiger partial charge in [0, 0.05) is 56.8 Å². The second-order valence-electron chi connectivity index (χ2n) is 9.44. The molecule has 0 aliphatic carbocycles. The Hall–Kier alpha value is -2.77. The fourth-order valence-electron chi connectivity index (χ4n) is 5.65. The van der Waals surface area contributed by atoms with Gasteiger partial charge in [0.2, 0.25) is 0 Å². The van der Waals surface area contributed by atoms with Gasteiger partial charge in [0.05, 0.1) is 23.3 Å². The maximum Gasteiger partial charge on any atom is 0.134 e. The molecule has 4 atom stereocenters. The van der Waals surface area contributed by atoms with Crippen molar-refractivity contribution in [2.75, 3.05) is 36.4 Å². The number of halogens is 1. The van der Waals surface area contributed by atoms with Crippen molar-refractivity contribution in [1.82, 2.24) is 20.2 Å². The van der Waals surface area contributed by atoms with E-state index in [-0.39, 0.29) is 6.04 Å². The van der Waals surface area contributed by atoms with E-state index in [4.69, 9.17) is 0 Å². The smallest absolute Gasteiger partial charge is 0.134 e. The molecule has 6 nitrogen and oxygen atoms in total. The van der Waals surface area contributed by atoms with E-state index in [1.807, 2.05) is 0 Å². The molecule has 2 aromatic carbocycles. The lowest BCUT2D eigenvalue weighted by molar-refractivity contribution is 0.134. The first-order valence-corrected chi connectivity index (χ1v) is 11.5. The number of benzene rings is 2. The molecule has 32 heavy (non-hydrogen) atoms. The first kappa shape index (κ1) is 19.9. The molecule has 0 spiro atoms. The molecule has 3 aliphatic rings. The Labute approximate surface area is 187 Å². The number of hydrogen-bond acceptors (Lipinski definition) is 6. The molecule has 0 saturated carbocycles. The SMILES string of the molecule is Cc1ccc(N2CC(C)N3Cc4cc(N[C@H]5CNC[C@H]5F)ccc4C3C2)c2nccnc12. The van der Waals surface area contributed by atoms with Crippen molar-refractivity contribution in [1.29, 1.82) is 0 Å². The predicted octanol–water partition coefficient (Wildman–Crippen LogP) is 3.43. The van der Waals surface area contributed by atoms with E-state index in [0.29, 0.717) is 25.2 Å². The Balaban J connectivity index is 1.29. The maximum absolute atomic E-state index is 14.0. The highest BCUT2D eigenvalue weighted by Gasteiger charge is 2.39. The molecular formula is C25H29FN6. The van der Waals surface area contributed by atoms with Crippen molar-refractivity contribution < 1.29 is 4.39 Å². The monoisotopic (exact) mass is 432 g/mol. The Kier molecular flexibility index (Phi) is 4.77. The van der Waals surface area contributed by atoms with Gasteiger partial charge in [-0.2, -0.15) is 0 Å². The fraction of sp³-hybridized carbons (Fsp3) is 0.440. The van der Waals surface area contributed by atoms with Crippen LogP contribution in [0.5, 0.6) is 0 Å². The van der Waals surface area contributed by atoms with E-state index in [1.54, 1.807) is 12.4 Å². The van der Waals surface area contributed by atoms with E-state index in [1.165, 1.54) is 16.8 Å². The summed E-state index contributed by atoms with van der Waals surface area (Å²) in [5, 5.41) is 6.51. The molecule has 166 valence electrons. The first-order valence-electron chi connectivity index (χ1n) is 11.5. The Bertz CT molecular complexity index is 1170. The minimum atomic E-state index is -0.837. The number of nitrogens with one attached hydrogen (secondary N) is 2. The summed E-state index contributed by atoms with van der Waals surface area (Å²) in [5.41, 5.74) is 8.04. The average Bonchev–Trinajstić information content (AvgIpc) is 3.37. The number of alkyl halides is 1. The van der Waals surface area contributed by atoms with E-state index < -0.39 is 6.17 Å². The number of rotatable bonds is 3. The van der Waals surface area contributed by atoms with Gasteiger partial charge in [-0.25, -0.2) is 4.39 Å². The van der Waals surface area contributed by atoms with Crippen LogP contribution in [-0.2, 0) is 6.54 Å². The lowest BCUT2D eigenvalue weighted by Crippen LogP contribution is -2.51. The Morgan fingerprint density at radius 3 is 2.72 bits per heavy atom. The van der Waals surface area contributed by atoms with Crippen LogP contribution in [0.25, 0.3) is 11.0 Å². The van der Waals surface area contributed by atoms with Gasteiger partial charge in [-0.15, -0.1) is 0 Å². The van der Waals surface area contributed by atoms with Crippen LogP contribution in [0.2, 0.25) is 0 Å². The van der Waals surface area contributed by atoms with Crippen molar-refractivity contribution in [2.24, 2.45) is 0 Å². The molecule has 2 N–H and O–H groups in total. The lowest BCUT2D eigenvalue weighted by Gasteiger charge is -2.43. The summed E-state index contributed by atoms with van der Waals surface area (Å²) in [6.45, 7) is 8.34. The lowest BCUT2D eigenvalue weighted by atomic mass is 10.00. The van der Waals surface area contributed by atoms with Crippen LogP contribution >= 0.6 is 0 Å². The molecule has 0 radical (unpaired) electrons. The highest BCUT2D eigenvalue weighted by molar-refractivity contribution is 5.90. The zero-order chi connectivity index (χ0) is 21.8. The molecule has 0 bridgehead atoms. The van der Waals surface area contributed by atoms with Crippen LogP contribution in [0.1, 0.15) is 29.7 Å². The second-order valence-corrected chi connectivity index (χ2v) is 9.44. The third kappa shape index (κ3) is 3.22. The minimum absolute atomic E-state index is 0.151. The summed E-state index contributed by atoms with van der Waals surface area (Å²) < 4.78 is 14.0. The normalized spacial score (nSPS) is 27.5. The second kappa shape index (κ2) is 7.67. The topological polar surface area (TPSA) is 56.3 Å². The molecule has 3 aromatic rings. The van der Waals surface area contributed by atoms with Crippen molar-refractivity contribution in [3.05, 3.63) is 59.4 Å². The summed E-state index contributed by atoms with van der Waals surface area (Å²) in [4.78, 5) is 14.3. The Morgan fingerprint density at radius 2 is 1.91 bits per heavy atom. The maximum atomic E-state index is 14.0. The molecule has 0 amide bonds. The minimum Gasteiger partial charge on any atom is -0.378 e. The third-order valence-corrected chi connectivity index (χ3v) is 7.34. The summed E-state index contributed by atoms with van der Waals surface area (Å²) >= 11 is 0. The molecule has 4 heterocycles. The molecular weight excluding hydrogens is 403 g/mol. The zero-order valence-corrected chi connectivity index (χ0v) is 18.6. The highest BCUT2D eigenvalue weighted by atomic mass is 19.1. The van der Waals surface area contributed by atoms with E-state index in [0.717, 1.165) is 41.9 Å². The van der Waals surface area contributed by atoms with Crippen LogP contribution in [0.3, 0.4) is 0 Å². The van der Waals surface area contributed by atoms with Gasteiger partial charge in [0.25, 0.3) is 0 Å². The average molecular weight is 433 g/mol. The van der Waals surface area contributed by atoms with E-state index in [9.17, 15) is 4.39 Å². The highest BCUT2D eigenvalue weighted by Crippen LogP contribution is 2.41. The molecule has 6 rings (SSSR count). The quantitative estimate of drug-likeness (QED) is 0.662. The van der Waals surface area contributed by atoms with Crippen LogP contribution in [0, 0.1) is 6.92 Å². The van der Waals surface area contributed by atoms with Crippen LogP contribution < -0.4 is 15.5 Å². The molecule has 2 saturated heterocycles. The van der Waals surface area contributed by atoms with Crippen molar-refractivity contribution in [2.45, 2.75) is 44.7 Å². The third-order valence-electron chi connectivity index (χ3n) is 7.34. The van der Waals surface area contributed by atoms with Gasteiger partial charge in [-0.3, -0.25) is 14.9 Å². The van der Waals surface area contributed by atoms with Gasteiger partial charge < -0.3 is 15.5 Å². The summed E-state index contributed by atoms with van der Waals surface area (Å²) in [5.74, 6) is 0. The first-order chi connectivity index (χ1) is 15.6. The predicted molar refractivity (Wildman–Crippen MR) is 126 cm³/mol. The van der Waals surface area contributed by atoms with Gasteiger partial charge >= 0.3 is 0 Å². The van der Waals surface area contributed by atoms with Crippen LogP contribution in [0.4, 0.5) is 15.8 Å². The standard InChI is InChI=1S/C25H29FN6/c1-15-3-6-22(25-24(15)28-7-8-29-25)31-12-16(2)32-13-17-9-18(4-5-19(17)23(32)14-31)30-21-11-27-10-20(21)26/h3-9,16,20-21,23,27,30H,10-14H2,1-2H3/t16?,20-,21+,23?/m1/s1. The van der Waals surface area contributed by atoms with Crippen LogP contribution in [0.15, 0.2) is 42.7 Å². The van der Waals surface area contributed by atoms with Gasteiger partial charge in [0.1, 0.15) is 11.7 Å². The van der Waals surface area contributed by atoms with Gasteiger partial charge in [0.15, 0.2) is 0 Å². The van der Waals surface area contributed by atoms with E-state index in [2.05, 4.69) is 74.6 Å². The van der Waals surface area contributed by atoms with Crippen molar-refractivity contribution in [3.8, 4) is 0 Å². The van der Waals surface area contributed by atoms with Crippen molar-refractivity contribution >= 4 is 22.4 Å². The zero-order valence-electron chi connectivity index (χ0n) is 18.6. The van der Waals surface area contributed by atoms with Gasteiger partial charge in [-0.05, 0) is 48.7 Å². The Morgan fingerprint density at radius 1 is 1.06 bits per heavy atom. The number of nitrogens with zero attached hydrogens (tertiary/aromatic N) is 4. The number of anilines is 2. The number of aromatic nitrogens is 2. The van der Waals surface area contributed by atoms with Crippen LogP contribution in [-0.4, -0.2) is 59.3 Å². The fourth-order valence-corrected chi connectivity index (χ4v) is 5.65. The number of fused-ring (bicyclic) bond motifs is 4.